The highest BCUT2D eigenvalue weighted by Gasteiger charge is 2.07. The summed E-state index contributed by atoms with van der Waals surface area (Å²) in [6, 6.07) is 4.30. The van der Waals surface area contributed by atoms with Crippen LogP contribution in [0.25, 0.3) is 9.88 Å². The van der Waals surface area contributed by atoms with Gasteiger partial charge in [0.05, 0.1) is 10.6 Å². The molecule has 0 atom stereocenters. The van der Waals surface area contributed by atoms with E-state index in [1.807, 2.05) is 52.9 Å². The molecule has 2 rings (SSSR count). The van der Waals surface area contributed by atoms with Crippen molar-refractivity contribution in [2.24, 2.45) is 0 Å². The second-order valence-electron chi connectivity index (χ2n) is 3.07. The first-order valence-corrected chi connectivity index (χ1v) is 8.81. The molecule has 2 heterocycles. The predicted octanol–water partition coefficient (Wildman–Crippen LogP) is 6.88. The molecule has 1 nitrogen and oxygen atoms in total. The van der Waals surface area contributed by atoms with Crippen LogP contribution in [0.1, 0.15) is 57.0 Å². The Bertz CT molecular complexity index is 408. The second kappa shape index (κ2) is 12.4. The van der Waals surface area contributed by atoms with E-state index in [4.69, 9.17) is 0 Å². The molecule has 0 saturated heterocycles. The Kier molecular flexibility index (Phi) is 13.4. The number of nitrogens with zero attached hydrogens (tertiary/aromatic N) is 1. The molecule has 0 N–H and O–H groups in total. The summed E-state index contributed by atoms with van der Waals surface area (Å²) in [5.41, 5.74) is 1.16. The van der Waals surface area contributed by atoms with E-state index < -0.39 is 0 Å². The summed E-state index contributed by atoms with van der Waals surface area (Å²) in [5.74, 6) is 0. The van der Waals surface area contributed by atoms with Gasteiger partial charge in [-0.1, -0.05) is 41.5 Å². The van der Waals surface area contributed by atoms with Crippen molar-refractivity contribution in [1.82, 2.24) is 4.98 Å². The largest absolute Gasteiger partial charge is 0.240 e. The van der Waals surface area contributed by atoms with Crippen LogP contribution in [-0.4, -0.2) is 4.98 Å². The summed E-state index contributed by atoms with van der Waals surface area (Å²) in [5, 5.41) is 1.16. The minimum Gasteiger partial charge on any atom is -0.240 e. The van der Waals surface area contributed by atoms with Crippen LogP contribution in [-0.2, 0) is 0 Å². The van der Waals surface area contributed by atoms with Gasteiger partial charge in [-0.25, -0.2) is 4.98 Å². The molecule has 2 aromatic rings. The van der Waals surface area contributed by atoms with Crippen LogP contribution in [0.3, 0.4) is 0 Å². The van der Waals surface area contributed by atoms with Gasteiger partial charge in [0.25, 0.3) is 0 Å². The first-order chi connectivity index (χ1) is 9.16. The lowest BCUT2D eigenvalue weighted by atomic mass is 10.4. The molecule has 0 spiro atoms. The molecule has 0 aliphatic heterocycles. The third kappa shape index (κ3) is 6.88. The molecule has 0 aliphatic rings. The van der Waals surface area contributed by atoms with Crippen LogP contribution >= 0.6 is 22.7 Å². The van der Waals surface area contributed by atoms with Gasteiger partial charge in [0.1, 0.15) is 5.01 Å². The minimum atomic E-state index is 1.16. The van der Waals surface area contributed by atoms with Crippen LogP contribution in [0.2, 0.25) is 0 Å². The molecule has 0 unspecified atom stereocenters. The van der Waals surface area contributed by atoms with E-state index in [0.717, 1.165) is 10.7 Å². The van der Waals surface area contributed by atoms with Crippen molar-refractivity contribution in [3.8, 4) is 9.88 Å². The maximum Gasteiger partial charge on any atom is 0.133 e. The summed E-state index contributed by atoms with van der Waals surface area (Å²) in [4.78, 5) is 8.48. The quantitative estimate of drug-likeness (QED) is 0.559. The Balaban J connectivity index is 0. The maximum atomic E-state index is 4.52. The lowest BCUT2D eigenvalue weighted by Gasteiger charge is -1.85. The molecule has 19 heavy (non-hydrogen) atoms. The summed E-state index contributed by atoms with van der Waals surface area (Å²) in [6.45, 7) is 18.3. The van der Waals surface area contributed by atoms with Gasteiger partial charge in [-0.05, 0) is 32.9 Å². The smallest absolute Gasteiger partial charge is 0.133 e. The summed E-state index contributed by atoms with van der Waals surface area (Å²) >= 11 is 3.59. The summed E-state index contributed by atoms with van der Waals surface area (Å²) in [7, 11) is 0. The normalized spacial score (nSPS) is 8.26. The highest BCUT2D eigenvalue weighted by atomic mass is 32.1. The zero-order valence-corrected chi connectivity index (χ0v) is 15.6. The molecular weight excluding hydrogens is 270 g/mol. The molecule has 2 aromatic heterocycles. The molecular formula is C16H29NS2. The van der Waals surface area contributed by atoms with E-state index in [9.17, 15) is 0 Å². The van der Waals surface area contributed by atoms with Crippen molar-refractivity contribution in [1.29, 1.82) is 0 Å². The Hall–Kier alpha value is -0.670. The average Bonchev–Trinajstić information content (AvgIpc) is 3.04. The van der Waals surface area contributed by atoms with E-state index in [-0.39, 0.29) is 0 Å². The number of hydrogen-bond donors (Lipinski definition) is 0. The van der Waals surface area contributed by atoms with Gasteiger partial charge in [0.15, 0.2) is 0 Å². The van der Waals surface area contributed by atoms with Crippen LogP contribution in [0, 0.1) is 20.8 Å². The van der Waals surface area contributed by atoms with Crippen molar-refractivity contribution < 1.29 is 0 Å². The number of thiazole rings is 1. The molecule has 3 heteroatoms. The molecule has 0 amide bonds. The van der Waals surface area contributed by atoms with E-state index in [1.165, 1.54) is 14.6 Å². The predicted molar refractivity (Wildman–Crippen MR) is 93.7 cm³/mol. The van der Waals surface area contributed by atoms with E-state index in [2.05, 4.69) is 37.9 Å². The van der Waals surface area contributed by atoms with Gasteiger partial charge in [0, 0.05) is 9.75 Å². The standard InChI is InChI=1S/C10H11NS2.3C2H6/c1-6-4-5-9(12-6)10-11-7(2)8(3)13-10;3*1-2/h4-5H,1-3H3;3*1-2H3. The second-order valence-corrected chi connectivity index (χ2v) is 5.56. The highest BCUT2D eigenvalue weighted by molar-refractivity contribution is 7.21. The van der Waals surface area contributed by atoms with Gasteiger partial charge in [-0.15, -0.1) is 22.7 Å². The van der Waals surface area contributed by atoms with Gasteiger partial charge in [0.2, 0.25) is 0 Å². The Morgan fingerprint density at radius 2 is 1.32 bits per heavy atom. The number of aryl methyl sites for hydroxylation is 3. The van der Waals surface area contributed by atoms with E-state index in [1.54, 1.807) is 11.3 Å². The molecule has 110 valence electrons. The van der Waals surface area contributed by atoms with Crippen LogP contribution in [0.4, 0.5) is 0 Å². The molecule has 0 aliphatic carbocycles. The molecule has 0 bridgehead atoms. The summed E-state index contributed by atoms with van der Waals surface area (Å²) in [6.07, 6.45) is 0. The van der Waals surface area contributed by atoms with Crippen molar-refractivity contribution >= 4 is 22.7 Å². The zero-order valence-electron chi connectivity index (χ0n) is 13.9. The zero-order chi connectivity index (χ0) is 15.4. The SMILES string of the molecule is CC.CC.CC.Cc1ccc(-c2nc(C)c(C)s2)s1. The van der Waals surface area contributed by atoms with Gasteiger partial charge < -0.3 is 0 Å². The van der Waals surface area contributed by atoms with Crippen LogP contribution in [0.15, 0.2) is 12.1 Å². The van der Waals surface area contributed by atoms with Crippen molar-refractivity contribution in [2.75, 3.05) is 0 Å². The lowest BCUT2D eigenvalue weighted by molar-refractivity contribution is 1.24. The number of rotatable bonds is 1. The van der Waals surface area contributed by atoms with E-state index in [0.29, 0.717) is 0 Å². The van der Waals surface area contributed by atoms with Gasteiger partial charge in [-0.3, -0.25) is 0 Å². The number of hydrogen-bond acceptors (Lipinski definition) is 3. The van der Waals surface area contributed by atoms with Crippen LogP contribution in [0.5, 0.6) is 0 Å². The molecule has 0 radical (unpaired) electrons. The topological polar surface area (TPSA) is 12.9 Å². The number of aromatic nitrogens is 1. The Morgan fingerprint density at radius 1 is 0.789 bits per heavy atom. The fourth-order valence-electron chi connectivity index (χ4n) is 1.13. The Labute approximate surface area is 127 Å². The lowest BCUT2D eigenvalue weighted by Crippen LogP contribution is -1.72. The molecule has 0 saturated carbocycles. The molecule has 0 fully saturated rings. The van der Waals surface area contributed by atoms with Gasteiger partial charge in [-0.2, -0.15) is 0 Å². The van der Waals surface area contributed by atoms with Crippen molar-refractivity contribution in [3.63, 3.8) is 0 Å². The third-order valence-electron chi connectivity index (χ3n) is 1.98. The van der Waals surface area contributed by atoms with Crippen molar-refractivity contribution in [2.45, 2.75) is 62.3 Å². The fourth-order valence-corrected chi connectivity index (χ4v) is 2.96. The first kappa shape index (κ1) is 20.6. The molecule has 0 aromatic carbocycles. The van der Waals surface area contributed by atoms with Crippen molar-refractivity contribution in [3.05, 3.63) is 27.6 Å². The Morgan fingerprint density at radius 3 is 1.63 bits per heavy atom. The summed E-state index contributed by atoms with van der Waals surface area (Å²) < 4.78 is 0. The van der Waals surface area contributed by atoms with E-state index >= 15 is 0 Å². The van der Waals surface area contributed by atoms with Gasteiger partial charge >= 0.3 is 0 Å². The average molecular weight is 300 g/mol. The van der Waals surface area contributed by atoms with Crippen LogP contribution < -0.4 is 0 Å². The fraction of sp³-hybridized carbons (Fsp3) is 0.562. The minimum absolute atomic E-state index is 1.16. The first-order valence-electron chi connectivity index (χ1n) is 7.17. The third-order valence-corrected chi connectivity index (χ3v) is 4.22. The number of thiophene rings is 1. The highest BCUT2D eigenvalue weighted by Crippen LogP contribution is 2.32. The maximum absolute atomic E-state index is 4.52. The monoisotopic (exact) mass is 299 g/mol.